The molecule has 0 spiro atoms. The highest BCUT2D eigenvalue weighted by atomic mass is 127. The van der Waals surface area contributed by atoms with Crippen LogP contribution in [0, 0.1) is 10.7 Å². The lowest BCUT2D eigenvalue weighted by molar-refractivity contribution is -0.153. The van der Waals surface area contributed by atoms with Crippen LogP contribution in [-0.4, -0.2) is 110 Å². The molecule has 14 nitrogen and oxygen atoms in total. The molecule has 0 aliphatic heterocycles. The maximum absolute atomic E-state index is 14.2. The van der Waals surface area contributed by atoms with Crippen LogP contribution in [0.4, 0.5) is 5.69 Å². The molecule has 0 heterocycles. The van der Waals surface area contributed by atoms with Crippen LogP contribution in [-0.2, 0) is 80.5 Å². The second-order valence-electron chi connectivity index (χ2n) is 15.6. The number of rotatable bonds is 27. The van der Waals surface area contributed by atoms with Crippen molar-refractivity contribution in [3.05, 3.63) is 166 Å². The van der Waals surface area contributed by atoms with E-state index >= 15 is 0 Å². The number of nitrogens with two attached hydrogens (primary N) is 1. The zero-order chi connectivity index (χ0) is 48.7. The summed E-state index contributed by atoms with van der Waals surface area (Å²) in [5, 5.41) is 0. The minimum absolute atomic E-state index is 0.0385. The summed E-state index contributed by atoms with van der Waals surface area (Å²) in [6, 6.07) is 38.1. The molecular weight excluding hydrogens is 1210 g/mol. The molecular formula is C51H55I3N4O10. The maximum Gasteiger partial charge on any atom is 0.323 e. The third-order valence-corrected chi connectivity index (χ3v) is 13.6. The lowest BCUT2D eigenvalue weighted by atomic mass is 10.0. The van der Waals surface area contributed by atoms with Gasteiger partial charge in [-0.15, -0.1) is 0 Å². The zero-order valence-electron chi connectivity index (χ0n) is 37.7. The number of carbonyl (C=O) groups excluding carboxylic acids is 5. The number of nitrogen functional groups attached to an aromatic ring is 1. The van der Waals surface area contributed by atoms with E-state index in [1.165, 1.54) is 0 Å². The van der Waals surface area contributed by atoms with Crippen molar-refractivity contribution in [1.82, 2.24) is 14.7 Å². The van der Waals surface area contributed by atoms with E-state index in [0.717, 1.165) is 38.5 Å². The van der Waals surface area contributed by atoms with Crippen LogP contribution < -0.4 is 5.73 Å². The highest BCUT2D eigenvalue weighted by Gasteiger charge is 2.32. The van der Waals surface area contributed by atoms with Crippen LogP contribution in [0.15, 0.2) is 127 Å². The molecule has 1 atom stereocenters. The lowest BCUT2D eigenvalue weighted by Crippen LogP contribution is -2.51. The van der Waals surface area contributed by atoms with Gasteiger partial charge in [0, 0.05) is 43.3 Å². The number of anilines is 1. The van der Waals surface area contributed by atoms with E-state index in [1.54, 1.807) is 16.7 Å². The van der Waals surface area contributed by atoms with Crippen LogP contribution in [0.2, 0.25) is 0 Å². The predicted molar refractivity (Wildman–Crippen MR) is 283 cm³/mol. The first kappa shape index (κ1) is 54.3. The van der Waals surface area contributed by atoms with E-state index in [2.05, 4.69) is 67.8 Å². The zero-order valence-corrected chi connectivity index (χ0v) is 44.2. The molecule has 0 aliphatic carbocycles. The summed E-state index contributed by atoms with van der Waals surface area (Å²) in [5.41, 5.74) is 11.2. The molecule has 68 heavy (non-hydrogen) atoms. The number of benzene rings is 5. The Morgan fingerprint density at radius 3 is 1.16 bits per heavy atom. The summed E-state index contributed by atoms with van der Waals surface area (Å²) in [4.78, 5) is 73.1. The van der Waals surface area contributed by atoms with Crippen molar-refractivity contribution in [3.63, 3.8) is 0 Å². The van der Waals surface area contributed by atoms with Gasteiger partial charge < -0.3 is 29.4 Å². The average molecular weight is 1260 g/mol. The summed E-state index contributed by atoms with van der Waals surface area (Å²) in [6.45, 7) is 1.37. The first-order valence-electron chi connectivity index (χ1n) is 21.9. The third-order valence-electron chi connectivity index (χ3n) is 10.5. The summed E-state index contributed by atoms with van der Waals surface area (Å²) >= 11 is 6.61. The van der Waals surface area contributed by atoms with Gasteiger partial charge in [-0.3, -0.25) is 38.7 Å². The minimum Gasteiger partial charge on any atom is -0.465 e. The minimum atomic E-state index is -0.912. The van der Waals surface area contributed by atoms with E-state index < -0.39 is 35.9 Å². The molecule has 0 saturated heterocycles. The summed E-state index contributed by atoms with van der Waals surface area (Å²) < 4.78 is 30.8. The van der Waals surface area contributed by atoms with Gasteiger partial charge in [-0.2, -0.15) is 0 Å². The molecule has 0 fully saturated rings. The standard InChI is InChI=1S/C51H55I3N4O10/c1-2-64-51(63)44(27-41-42(52)28-43(53)50(55)49(41)54)58(25-23-56(29-45(59)65-33-37-15-7-3-8-16-37)30-46(60)66-34-38-17-9-4-10-18-38)26-24-57(31-47(61)67-35-39-19-11-5-12-20-39)32-48(62)68-36-40-21-13-6-14-22-40/h3-22,28,44H,2,23-27,29-36,55H2,1H3. The SMILES string of the molecule is CCOC(=O)C(Cc1c(I)cc(I)c(N)c1I)N(CCN(CC(=O)OCc1ccccc1)CC(=O)OCc1ccccc1)CCN(CC(=O)OCc1ccccc1)CC(=O)OCc1ccccc1. The van der Waals surface area contributed by atoms with Gasteiger partial charge in [-0.05, 0) is 109 Å². The molecule has 5 aromatic rings. The Morgan fingerprint density at radius 1 is 0.500 bits per heavy atom. The molecule has 17 heteroatoms. The molecule has 0 radical (unpaired) electrons. The second kappa shape index (κ2) is 29.4. The average Bonchev–Trinajstić information content (AvgIpc) is 3.34. The topological polar surface area (TPSA) is 167 Å². The van der Waals surface area contributed by atoms with E-state index in [9.17, 15) is 24.0 Å². The number of ether oxygens (including phenoxy) is 5. The van der Waals surface area contributed by atoms with Gasteiger partial charge >= 0.3 is 29.8 Å². The molecule has 5 aromatic carbocycles. The Labute approximate surface area is 438 Å². The number of hydrogen-bond donors (Lipinski definition) is 1. The molecule has 0 saturated carbocycles. The Bertz CT molecular complexity index is 2150. The van der Waals surface area contributed by atoms with E-state index in [4.69, 9.17) is 29.4 Å². The number of halogens is 3. The van der Waals surface area contributed by atoms with Crippen LogP contribution in [0.25, 0.3) is 0 Å². The summed E-state index contributed by atoms with van der Waals surface area (Å²) in [7, 11) is 0. The molecule has 360 valence electrons. The van der Waals surface area contributed by atoms with Crippen LogP contribution in [0.1, 0.15) is 34.7 Å². The van der Waals surface area contributed by atoms with Gasteiger partial charge in [0.1, 0.15) is 32.5 Å². The van der Waals surface area contributed by atoms with E-state index in [1.807, 2.05) is 132 Å². The van der Waals surface area contributed by atoms with Gasteiger partial charge in [-0.25, -0.2) is 0 Å². The lowest BCUT2D eigenvalue weighted by Gasteiger charge is -2.34. The highest BCUT2D eigenvalue weighted by Crippen LogP contribution is 2.31. The fourth-order valence-corrected chi connectivity index (χ4v) is 10.7. The number of carbonyl (C=O) groups is 5. The Balaban J connectivity index is 1.43. The molecule has 0 aromatic heterocycles. The van der Waals surface area contributed by atoms with Crippen molar-refractivity contribution in [1.29, 1.82) is 0 Å². The van der Waals surface area contributed by atoms with Crippen molar-refractivity contribution in [2.24, 2.45) is 0 Å². The summed E-state index contributed by atoms with van der Waals surface area (Å²) in [5.74, 6) is -2.77. The van der Waals surface area contributed by atoms with Crippen molar-refractivity contribution >= 4 is 103 Å². The smallest absolute Gasteiger partial charge is 0.323 e. The van der Waals surface area contributed by atoms with Crippen LogP contribution in [0.5, 0.6) is 0 Å². The largest absolute Gasteiger partial charge is 0.465 e. The van der Waals surface area contributed by atoms with E-state index in [-0.39, 0.29) is 91.8 Å². The van der Waals surface area contributed by atoms with Gasteiger partial charge in [0.25, 0.3) is 0 Å². The highest BCUT2D eigenvalue weighted by molar-refractivity contribution is 14.1. The molecule has 2 N–H and O–H groups in total. The Morgan fingerprint density at radius 2 is 0.838 bits per heavy atom. The van der Waals surface area contributed by atoms with Gasteiger partial charge in [0.2, 0.25) is 0 Å². The number of nitrogens with zero attached hydrogens (tertiary/aromatic N) is 3. The number of hydrogen-bond acceptors (Lipinski definition) is 14. The van der Waals surface area contributed by atoms with Crippen molar-refractivity contribution in [2.75, 3.05) is 64.7 Å². The maximum atomic E-state index is 14.2. The van der Waals surface area contributed by atoms with Crippen molar-refractivity contribution in [3.8, 4) is 0 Å². The summed E-state index contributed by atoms with van der Waals surface area (Å²) in [6.07, 6.45) is 0.187. The fourth-order valence-electron chi connectivity index (χ4n) is 6.89. The normalized spacial score (nSPS) is 11.6. The van der Waals surface area contributed by atoms with E-state index in [0.29, 0.717) is 5.69 Å². The Hall–Kier alpha value is -4.68. The number of esters is 5. The molecule has 5 rings (SSSR count). The van der Waals surface area contributed by atoms with Crippen LogP contribution >= 0.6 is 67.8 Å². The van der Waals surface area contributed by atoms with Crippen molar-refractivity contribution in [2.45, 2.75) is 45.8 Å². The molecule has 0 amide bonds. The first-order valence-corrected chi connectivity index (χ1v) is 25.2. The van der Waals surface area contributed by atoms with Gasteiger partial charge in [0.05, 0.1) is 38.5 Å². The second-order valence-corrected chi connectivity index (χ2v) is 19.0. The Kier molecular flexibility index (Phi) is 23.4. The fraction of sp³-hybridized carbons (Fsp3) is 0.314. The predicted octanol–water partition coefficient (Wildman–Crippen LogP) is 7.44. The first-order chi connectivity index (χ1) is 32.9. The molecule has 0 aliphatic rings. The van der Waals surface area contributed by atoms with Crippen molar-refractivity contribution < 1.29 is 47.7 Å². The molecule has 0 bridgehead atoms. The third kappa shape index (κ3) is 19.0. The van der Waals surface area contributed by atoms with Crippen LogP contribution in [0.3, 0.4) is 0 Å². The van der Waals surface area contributed by atoms with Gasteiger partial charge in [-0.1, -0.05) is 121 Å². The monoisotopic (exact) mass is 1260 g/mol. The molecule has 1 unspecified atom stereocenters. The quantitative estimate of drug-likeness (QED) is 0.0239. The van der Waals surface area contributed by atoms with Gasteiger partial charge in [0.15, 0.2) is 0 Å².